The van der Waals surface area contributed by atoms with Crippen molar-refractivity contribution in [3.63, 3.8) is 0 Å². The number of hydrogen-bond donors (Lipinski definition) is 0. The van der Waals surface area contributed by atoms with Gasteiger partial charge in [-0.25, -0.2) is 0 Å². The Kier molecular flexibility index (Phi) is 5.96. The van der Waals surface area contributed by atoms with Crippen LogP contribution in [-0.2, 0) is 6.42 Å². The molecule has 4 rings (SSSR count). The van der Waals surface area contributed by atoms with Gasteiger partial charge in [0.15, 0.2) is 0 Å². The number of nitrogens with zero attached hydrogens (tertiary/aromatic N) is 2. The molecule has 28 heavy (non-hydrogen) atoms. The highest BCUT2D eigenvalue weighted by Gasteiger charge is 2.41. The van der Waals surface area contributed by atoms with Gasteiger partial charge in [-0.3, -0.25) is 4.79 Å². The van der Waals surface area contributed by atoms with Crippen LogP contribution in [0.25, 0.3) is 0 Å². The molecule has 2 fully saturated rings. The molecule has 3 nitrogen and oxygen atoms in total. The van der Waals surface area contributed by atoms with E-state index in [0.29, 0.717) is 34.2 Å². The Hall–Kier alpha value is -1.55. The Morgan fingerprint density at radius 3 is 2.25 bits per heavy atom. The molecule has 2 heterocycles. The van der Waals surface area contributed by atoms with Crippen LogP contribution >= 0.6 is 23.2 Å². The van der Waals surface area contributed by atoms with Crippen molar-refractivity contribution in [3.05, 3.63) is 69.7 Å². The summed E-state index contributed by atoms with van der Waals surface area (Å²) < 4.78 is 0. The zero-order valence-corrected chi connectivity index (χ0v) is 17.7. The molecule has 148 valence electrons. The van der Waals surface area contributed by atoms with E-state index in [1.54, 1.807) is 18.2 Å². The highest BCUT2D eigenvalue weighted by Crippen LogP contribution is 2.37. The van der Waals surface area contributed by atoms with Gasteiger partial charge in [0.25, 0.3) is 5.91 Å². The summed E-state index contributed by atoms with van der Waals surface area (Å²) in [5.41, 5.74) is 1.83. The van der Waals surface area contributed by atoms with Crippen LogP contribution in [0, 0.1) is 0 Å². The van der Waals surface area contributed by atoms with Gasteiger partial charge in [0.1, 0.15) is 0 Å². The van der Waals surface area contributed by atoms with Gasteiger partial charge < -0.3 is 9.80 Å². The molecule has 0 spiro atoms. The minimum atomic E-state index is 0.0364. The van der Waals surface area contributed by atoms with Crippen molar-refractivity contribution in [3.8, 4) is 0 Å². The van der Waals surface area contributed by atoms with E-state index in [0.717, 1.165) is 19.3 Å². The van der Waals surface area contributed by atoms with Crippen LogP contribution in [-0.4, -0.2) is 47.4 Å². The molecular formula is C23H26Cl2N2O. The molecule has 2 aromatic rings. The second-order valence-electron chi connectivity index (χ2n) is 8.07. The van der Waals surface area contributed by atoms with Crippen molar-refractivity contribution >= 4 is 29.1 Å². The Morgan fingerprint density at radius 2 is 1.64 bits per heavy atom. The predicted octanol–water partition coefficient (Wildman–Crippen LogP) is 5.30. The lowest BCUT2D eigenvalue weighted by molar-refractivity contribution is 0.0488. The van der Waals surface area contributed by atoms with E-state index in [9.17, 15) is 4.79 Å². The quantitative estimate of drug-likeness (QED) is 0.659. The maximum atomic E-state index is 13.5. The number of carbonyl (C=O) groups is 1. The molecule has 1 amide bonds. The summed E-state index contributed by atoms with van der Waals surface area (Å²) in [6, 6.07) is 16.9. The Balaban J connectivity index is 1.58. The van der Waals surface area contributed by atoms with Crippen molar-refractivity contribution in [1.29, 1.82) is 0 Å². The van der Waals surface area contributed by atoms with E-state index in [4.69, 9.17) is 23.2 Å². The summed E-state index contributed by atoms with van der Waals surface area (Å²) >= 11 is 12.3. The molecule has 0 aliphatic carbocycles. The van der Waals surface area contributed by atoms with Crippen LogP contribution in [0.3, 0.4) is 0 Å². The fraction of sp³-hybridized carbons (Fsp3) is 0.435. The van der Waals surface area contributed by atoms with E-state index in [-0.39, 0.29) is 11.9 Å². The standard InChI is InChI=1S/C23H26Cl2N2O/c1-26-20-7-8-21(26)15-22(14-20)27(10-9-16-5-3-2-4-6-16)23(28)17-11-18(24)13-19(25)12-17/h2-6,11-13,20-22H,7-10,14-15H2,1H3/t20-,21-/m0/s1. The molecule has 5 heteroatoms. The van der Waals surface area contributed by atoms with Crippen LogP contribution in [0.2, 0.25) is 10.0 Å². The van der Waals surface area contributed by atoms with Gasteiger partial charge in [0.05, 0.1) is 0 Å². The third kappa shape index (κ3) is 4.22. The third-order valence-corrected chi connectivity index (χ3v) is 6.81. The number of benzene rings is 2. The van der Waals surface area contributed by atoms with E-state index in [1.165, 1.54) is 18.4 Å². The van der Waals surface area contributed by atoms with E-state index in [1.807, 2.05) is 18.2 Å². The van der Waals surface area contributed by atoms with Gasteiger partial charge in [0, 0.05) is 40.3 Å². The van der Waals surface area contributed by atoms with Crippen LogP contribution in [0.5, 0.6) is 0 Å². The average Bonchev–Trinajstić information content (AvgIpc) is 2.89. The summed E-state index contributed by atoms with van der Waals surface area (Å²) in [5, 5.41) is 1.00. The molecular weight excluding hydrogens is 391 g/mol. The molecule has 2 bridgehead atoms. The summed E-state index contributed by atoms with van der Waals surface area (Å²) in [6.07, 6.45) is 5.41. The Bertz CT molecular complexity index is 808. The zero-order chi connectivity index (χ0) is 19.7. The van der Waals surface area contributed by atoms with Gasteiger partial charge >= 0.3 is 0 Å². The van der Waals surface area contributed by atoms with Gasteiger partial charge in [-0.2, -0.15) is 0 Å². The topological polar surface area (TPSA) is 23.6 Å². The SMILES string of the molecule is CN1[C@H]2CC[C@H]1CC(N(CCc1ccccc1)C(=O)c1cc(Cl)cc(Cl)c1)C2. The Labute approximate surface area is 177 Å². The van der Waals surface area contributed by atoms with Gasteiger partial charge in [0.2, 0.25) is 0 Å². The molecule has 0 aromatic heterocycles. The lowest BCUT2D eigenvalue weighted by Gasteiger charge is -2.42. The lowest BCUT2D eigenvalue weighted by atomic mass is 9.95. The molecule has 2 saturated heterocycles. The first-order valence-electron chi connectivity index (χ1n) is 10.0. The number of amides is 1. The lowest BCUT2D eigenvalue weighted by Crippen LogP contribution is -2.51. The summed E-state index contributed by atoms with van der Waals surface area (Å²) in [7, 11) is 2.23. The van der Waals surface area contributed by atoms with E-state index in [2.05, 4.69) is 29.0 Å². The molecule has 2 atom stereocenters. The normalized spacial score (nSPS) is 24.3. The maximum absolute atomic E-state index is 13.5. The number of hydrogen-bond acceptors (Lipinski definition) is 2. The van der Waals surface area contributed by atoms with Gasteiger partial charge in [-0.1, -0.05) is 53.5 Å². The number of fused-ring (bicyclic) bond motifs is 2. The highest BCUT2D eigenvalue weighted by molar-refractivity contribution is 6.35. The van der Waals surface area contributed by atoms with Crippen LogP contribution in [0.15, 0.2) is 48.5 Å². The first kappa shape index (κ1) is 19.8. The summed E-state index contributed by atoms with van der Waals surface area (Å²) in [4.78, 5) is 18.1. The van der Waals surface area contributed by atoms with E-state index >= 15 is 0 Å². The number of halogens is 2. The molecule has 0 N–H and O–H groups in total. The molecule has 2 aliphatic heterocycles. The highest BCUT2D eigenvalue weighted by atomic mass is 35.5. The molecule has 0 unspecified atom stereocenters. The largest absolute Gasteiger partial charge is 0.335 e. The first-order valence-corrected chi connectivity index (χ1v) is 10.8. The van der Waals surface area contributed by atoms with Crippen molar-refractivity contribution in [2.75, 3.05) is 13.6 Å². The van der Waals surface area contributed by atoms with Crippen molar-refractivity contribution < 1.29 is 4.79 Å². The smallest absolute Gasteiger partial charge is 0.254 e. The van der Waals surface area contributed by atoms with Gasteiger partial charge in [-0.15, -0.1) is 0 Å². The minimum Gasteiger partial charge on any atom is -0.335 e. The first-order chi connectivity index (χ1) is 13.5. The average molecular weight is 417 g/mol. The number of piperidine rings is 1. The number of rotatable bonds is 5. The summed E-state index contributed by atoms with van der Waals surface area (Å²) in [6.45, 7) is 0.709. The molecule has 2 aromatic carbocycles. The van der Waals surface area contributed by atoms with Gasteiger partial charge in [-0.05, 0) is 62.9 Å². The predicted molar refractivity (Wildman–Crippen MR) is 115 cm³/mol. The second-order valence-corrected chi connectivity index (χ2v) is 8.94. The fourth-order valence-corrected chi connectivity index (χ4v) is 5.35. The van der Waals surface area contributed by atoms with Crippen LogP contribution < -0.4 is 0 Å². The maximum Gasteiger partial charge on any atom is 0.254 e. The molecule has 2 aliphatic rings. The van der Waals surface area contributed by atoms with Crippen LogP contribution in [0.4, 0.5) is 0 Å². The van der Waals surface area contributed by atoms with E-state index < -0.39 is 0 Å². The molecule has 0 radical (unpaired) electrons. The van der Waals surface area contributed by atoms with Crippen molar-refractivity contribution in [1.82, 2.24) is 9.80 Å². The summed E-state index contributed by atoms with van der Waals surface area (Å²) in [5.74, 6) is 0.0364. The second kappa shape index (κ2) is 8.44. The molecule has 0 saturated carbocycles. The monoisotopic (exact) mass is 416 g/mol. The van der Waals surface area contributed by atoms with Crippen LogP contribution in [0.1, 0.15) is 41.6 Å². The fourth-order valence-electron chi connectivity index (χ4n) is 4.82. The minimum absolute atomic E-state index is 0.0364. The number of carbonyl (C=O) groups excluding carboxylic acids is 1. The Morgan fingerprint density at radius 1 is 1.04 bits per heavy atom. The zero-order valence-electron chi connectivity index (χ0n) is 16.2. The van der Waals surface area contributed by atoms with Crippen molar-refractivity contribution in [2.24, 2.45) is 0 Å². The van der Waals surface area contributed by atoms with Crippen molar-refractivity contribution in [2.45, 2.75) is 50.2 Å². The third-order valence-electron chi connectivity index (χ3n) is 6.37.